The first-order valence-corrected chi connectivity index (χ1v) is 7.87. The molecule has 5 nitrogen and oxygen atoms in total. The lowest BCUT2D eigenvalue weighted by Gasteiger charge is -2.23. The van der Waals surface area contributed by atoms with E-state index in [1.165, 1.54) is 22.2 Å². The average Bonchev–Trinajstić information content (AvgIpc) is 2.79. The fourth-order valence-electron chi connectivity index (χ4n) is 1.85. The summed E-state index contributed by atoms with van der Waals surface area (Å²) in [6.45, 7) is 1.82. The number of rotatable bonds is 4. The van der Waals surface area contributed by atoms with E-state index in [9.17, 15) is 8.42 Å². The Kier molecular flexibility index (Phi) is 4.17. The van der Waals surface area contributed by atoms with Crippen molar-refractivity contribution >= 4 is 21.6 Å². The molecular weight excluding hydrogens is 298 g/mol. The molecule has 0 fully saturated rings. The lowest BCUT2D eigenvalue weighted by Crippen LogP contribution is -2.30. The van der Waals surface area contributed by atoms with Gasteiger partial charge in [0.1, 0.15) is 5.15 Å². The molecule has 0 spiro atoms. The summed E-state index contributed by atoms with van der Waals surface area (Å²) in [5.41, 5.74) is 0.908. The molecule has 2 aromatic rings. The van der Waals surface area contributed by atoms with E-state index in [1.807, 2.05) is 37.3 Å². The highest BCUT2D eigenvalue weighted by molar-refractivity contribution is 7.89. The maximum atomic E-state index is 12.5. The first kappa shape index (κ1) is 15.0. The molecule has 108 valence electrons. The van der Waals surface area contributed by atoms with Crippen molar-refractivity contribution in [2.45, 2.75) is 18.0 Å². The van der Waals surface area contributed by atoms with Crippen LogP contribution in [0.3, 0.4) is 0 Å². The molecule has 2 rings (SSSR count). The number of hydrogen-bond acceptors (Lipinski definition) is 3. The quantitative estimate of drug-likeness (QED) is 0.871. The summed E-state index contributed by atoms with van der Waals surface area (Å²) in [5.74, 6) is 0. The SMILES string of the molecule is C[C@@H](c1ccccc1)N(C)S(=O)(=O)c1ncn(C)c1Cl. The van der Waals surface area contributed by atoms with Crippen molar-refractivity contribution in [3.05, 3.63) is 47.4 Å². The number of benzene rings is 1. The molecule has 0 bridgehead atoms. The van der Waals surface area contributed by atoms with Gasteiger partial charge in [-0.05, 0) is 12.5 Å². The summed E-state index contributed by atoms with van der Waals surface area (Å²) < 4.78 is 27.8. The normalized spacial score (nSPS) is 13.7. The highest BCUT2D eigenvalue weighted by Crippen LogP contribution is 2.28. The van der Waals surface area contributed by atoms with Gasteiger partial charge in [0.15, 0.2) is 0 Å². The van der Waals surface area contributed by atoms with Gasteiger partial charge in [-0.2, -0.15) is 4.31 Å². The fraction of sp³-hybridized carbons (Fsp3) is 0.308. The Bertz CT molecular complexity index is 698. The van der Waals surface area contributed by atoms with E-state index in [1.54, 1.807) is 7.05 Å². The van der Waals surface area contributed by atoms with Crippen LogP contribution in [-0.4, -0.2) is 29.3 Å². The Labute approximate surface area is 123 Å². The highest BCUT2D eigenvalue weighted by atomic mass is 35.5. The molecule has 0 saturated heterocycles. The van der Waals surface area contributed by atoms with Crippen molar-refractivity contribution in [1.29, 1.82) is 0 Å². The van der Waals surface area contributed by atoms with Crippen LogP contribution in [0.2, 0.25) is 5.15 Å². The van der Waals surface area contributed by atoms with Crippen LogP contribution in [0.1, 0.15) is 18.5 Å². The van der Waals surface area contributed by atoms with Crippen LogP contribution in [0, 0.1) is 0 Å². The number of aromatic nitrogens is 2. The van der Waals surface area contributed by atoms with E-state index in [0.29, 0.717) is 0 Å². The first-order valence-electron chi connectivity index (χ1n) is 6.05. The molecule has 0 unspecified atom stereocenters. The standard InChI is InChI=1S/C13H16ClN3O2S/c1-10(11-7-5-4-6-8-11)17(3)20(18,19)13-12(14)16(2)9-15-13/h4-10H,1-3H3/t10-/m0/s1. The van der Waals surface area contributed by atoms with E-state index in [0.717, 1.165) is 5.56 Å². The third kappa shape index (κ3) is 2.59. The van der Waals surface area contributed by atoms with Gasteiger partial charge in [0.2, 0.25) is 5.03 Å². The zero-order valence-corrected chi connectivity index (χ0v) is 13.1. The van der Waals surface area contributed by atoms with Crippen molar-refractivity contribution < 1.29 is 8.42 Å². The van der Waals surface area contributed by atoms with Gasteiger partial charge in [-0.3, -0.25) is 0 Å². The van der Waals surface area contributed by atoms with Gasteiger partial charge in [0.25, 0.3) is 10.0 Å². The van der Waals surface area contributed by atoms with Gasteiger partial charge in [-0.25, -0.2) is 13.4 Å². The minimum atomic E-state index is -3.73. The molecule has 1 aromatic heterocycles. The second-order valence-corrected chi connectivity index (χ2v) is 6.83. The molecule has 0 N–H and O–H groups in total. The molecule has 0 aliphatic heterocycles. The van der Waals surface area contributed by atoms with E-state index >= 15 is 0 Å². The maximum absolute atomic E-state index is 12.5. The first-order chi connectivity index (χ1) is 9.35. The lowest BCUT2D eigenvalue weighted by atomic mass is 10.1. The lowest BCUT2D eigenvalue weighted by molar-refractivity contribution is 0.397. The molecule has 1 aromatic carbocycles. The molecule has 0 amide bonds. The van der Waals surface area contributed by atoms with Gasteiger partial charge < -0.3 is 4.57 Å². The van der Waals surface area contributed by atoms with Crippen molar-refractivity contribution in [1.82, 2.24) is 13.9 Å². The predicted molar refractivity (Wildman–Crippen MR) is 78.0 cm³/mol. The molecular formula is C13H16ClN3O2S. The summed E-state index contributed by atoms with van der Waals surface area (Å²) >= 11 is 5.98. The molecule has 0 radical (unpaired) electrons. The molecule has 0 aliphatic rings. The van der Waals surface area contributed by atoms with E-state index < -0.39 is 10.0 Å². The molecule has 1 atom stereocenters. The Morgan fingerprint density at radius 3 is 2.40 bits per heavy atom. The molecule has 7 heteroatoms. The van der Waals surface area contributed by atoms with Gasteiger partial charge in [-0.15, -0.1) is 0 Å². The van der Waals surface area contributed by atoms with E-state index in [4.69, 9.17) is 11.6 Å². The fourth-order valence-corrected chi connectivity index (χ4v) is 3.59. The Hall–Kier alpha value is -1.37. The van der Waals surface area contributed by atoms with Crippen molar-refractivity contribution in [2.24, 2.45) is 7.05 Å². The highest BCUT2D eigenvalue weighted by Gasteiger charge is 2.30. The van der Waals surface area contributed by atoms with Crippen LogP contribution in [0.5, 0.6) is 0 Å². The summed E-state index contributed by atoms with van der Waals surface area (Å²) in [4.78, 5) is 3.89. The van der Waals surface area contributed by atoms with E-state index in [2.05, 4.69) is 4.98 Å². The average molecular weight is 314 g/mol. The zero-order chi connectivity index (χ0) is 14.9. The predicted octanol–water partition coefficient (Wildman–Crippen LogP) is 2.46. The van der Waals surface area contributed by atoms with Crippen LogP contribution >= 0.6 is 11.6 Å². The van der Waals surface area contributed by atoms with Crippen LogP contribution < -0.4 is 0 Å². The second kappa shape index (κ2) is 5.55. The molecule has 0 saturated carbocycles. The minimum absolute atomic E-state index is 0.108. The number of imidazole rings is 1. The third-order valence-electron chi connectivity index (χ3n) is 3.29. The monoisotopic (exact) mass is 313 g/mol. The Balaban J connectivity index is 2.37. The van der Waals surface area contributed by atoms with Gasteiger partial charge >= 0.3 is 0 Å². The topological polar surface area (TPSA) is 55.2 Å². The summed E-state index contributed by atoms with van der Waals surface area (Å²) in [6.07, 6.45) is 1.39. The molecule has 1 heterocycles. The number of halogens is 1. The van der Waals surface area contributed by atoms with Crippen molar-refractivity contribution in [3.8, 4) is 0 Å². The van der Waals surface area contributed by atoms with Gasteiger partial charge in [0, 0.05) is 20.1 Å². The third-order valence-corrected chi connectivity index (χ3v) is 5.70. The second-order valence-electron chi connectivity index (χ2n) is 4.56. The smallest absolute Gasteiger partial charge is 0.263 e. The summed E-state index contributed by atoms with van der Waals surface area (Å²) in [5, 5.41) is -0.0101. The van der Waals surface area contributed by atoms with Crippen LogP contribution in [-0.2, 0) is 17.1 Å². The molecule has 20 heavy (non-hydrogen) atoms. The number of aryl methyl sites for hydroxylation is 1. The summed E-state index contributed by atoms with van der Waals surface area (Å²) in [6, 6.07) is 9.10. The van der Waals surface area contributed by atoms with Crippen LogP contribution in [0.15, 0.2) is 41.7 Å². The Morgan fingerprint density at radius 2 is 1.90 bits per heavy atom. The van der Waals surface area contributed by atoms with Gasteiger partial charge in [0.05, 0.1) is 6.33 Å². The maximum Gasteiger partial charge on any atom is 0.263 e. The van der Waals surface area contributed by atoms with Crippen LogP contribution in [0.25, 0.3) is 0 Å². The van der Waals surface area contributed by atoms with E-state index in [-0.39, 0.29) is 16.2 Å². The minimum Gasteiger partial charge on any atom is -0.324 e. The van der Waals surface area contributed by atoms with Crippen LogP contribution in [0.4, 0.5) is 0 Å². The zero-order valence-electron chi connectivity index (χ0n) is 11.5. The molecule has 0 aliphatic carbocycles. The summed E-state index contributed by atoms with van der Waals surface area (Å²) in [7, 11) is -0.553. The van der Waals surface area contributed by atoms with Gasteiger partial charge in [-0.1, -0.05) is 41.9 Å². The van der Waals surface area contributed by atoms with Crippen molar-refractivity contribution in [2.75, 3.05) is 7.05 Å². The number of hydrogen-bond donors (Lipinski definition) is 0. The number of nitrogens with zero attached hydrogens (tertiary/aromatic N) is 3. The van der Waals surface area contributed by atoms with Crippen molar-refractivity contribution in [3.63, 3.8) is 0 Å². The Morgan fingerprint density at radius 1 is 1.30 bits per heavy atom. The largest absolute Gasteiger partial charge is 0.324 e. The number of sulfonamides is 1.